The number of benzene rings is 5. The lowest BCUT2D eigenvalue weighted by Gasteiger charge is -2.11. The summed E-state index contributed by atoms with van der Waals surface area (Å²) in [7, 11) is 3.42. The van der Waals surface area contributed by atoms with Gasteiger partial charge in [0.15, 0.2) is 0 Å². The van der Waals surface area contributed by atoms with Gasteiger partial charge in [-0.3, -0.25) is 9.97 Å². The van der Waals surface area contributed by atoms with Gasteiger partial charge in [0.2, 0.25) is 0 Å². The number of aliphatic hydroxyl groups is 1. The highest BCUT2D eigenvalue weighted by Crippen LogP contribution is 2.26. The third kappa shape index (κ3) is 26.3. The Morgan fingerprint density at radius 2 is 0.794 bits per heavy atom. The van der Waals surface area contributed by atoms with Crippen LogP contribution in [0.2, 0.25) is 10.3 Å². The molecule has 0 amide bonds. The van der Waals surface area contributed by atoms with Gasteiger partial charge in [-0.15, -0.1) is 0 Å². The first kappa shape index (κ1) is 78.9. The Kier molecular flexibility index (Phi) is 33.6. The average molecular weight is 1360 g/mol. The minimum absolute atomic E-state index is 0.0391. The minimum atomic E-state index is -1.51. The molecule has 1 fully saturated rings. The fourth-order valence-corrected chi connectivity index (χ4v) is 8.82. The van der Waals surface area contributed by atoms with Gasteiger partial charge >= 0.3 is 48.9 Å². The Bertz CT molecular complexity index is 4030. The largest absolute Gasteiger partial charge is 0.488 e. The number of nitrogens with zero attached hydrogens (tertiary/aromatic N) is 4. The van der Waals surface area contributed by atoms with Crippen LogP contribution in [0.25, 0.3) is 22.5 Å². The summed E-state index contributed by atoms with van der Waals surface area (Å²) in [5.41, 5.74) is 9.47. The molecule has 1 aliphatic heterocycles. The maximum Gasteiger partial charge on any atom is 0.488 e. The van der Waals surface area contributed by atoms with Crippen LogP contribution in [0.15, 0.2) is 182 Å². The molecule has 5 N–H and O–H groups in total. The highest BCUT2D eigenvalue weighted by molar-refractivity contribution is 6.58. The van der Waals surface area contributed by atoms with Crippen molar-refractivity contribution in [1.82, 2.24) is 19.9 Å². The van der Waals surface area contributed by atoms with E-state index in [0.29, 0.717) is 56.5 Å². The minimum Gasteiger partial charge on any atom is -0.478 e. The SMILES string of the molecule is CC1CCCO1.CO.COC(=O)c1ccc(-c2nc(C)ccc2C(=O)O)cc1.COC(=O)c1ccc(-c2nc(C)ccc2C(=O)OCc2ccccc2)cc1.COC(=O)c1ccc(B(O)O)cc1.Cc1ccc(C(=O)O)c(Cl)n1.Cc1ccc(C(=O)OCc2ccccc2)c(Cl)n1. The zero-order valence-electron chi connectivity index (χ0n) is 54.6. The van der Waals surface area contributed by atoms with E-state index in [1.807, 2.05) is 74.5 Å². The predicted molar refractivity (Wildman–Crippen MR) is 365 cm³/mol. The third-order valence-corrected chi connectivity index (χ3v) is 13.9. The fraction of sp³-hybridized carbons (Fsp3) is 0.208. The first-order valence-corrected chi connectivity index (χ1v) is 30.3. The standard InChI is InChI=1S/C22H19NO4.C15H13NO4.C14H12ClNO2.C8H9BO4.C7H6ClNO2.C5H10O.CH4O/c1-15-8-13-19(22(25)27-14-16-6-4-3-5-7-16)20(23-15)17-9-11-18(12-10-17)21(24)26-2;1-9-3-8-12(14(17)18)13(16-9)10-4-6-11(7-5-10)15(19)20-2;1-10-7-8-12(13(15)16-10)14(17)18-9-11-5-3-2-4-6-11;1-13-8(10)6-2-4-7(5-3-6)9(11)12;1-4-2-3-5(7(10)11)6(8)9-4;1-5-3-2-4-6-5;1-2/h3-13H,14H2,1-2H3;3-8H,1-2H3,(H,17,18);2-8H,9H2,1H3;2-5,11-12H,1H3;2-3H,1H3,(H,10,11);5H,2-4H2,1H3;2H,1H3. The highest BCUT2D eigenvalue weighted by atomic mass is 35.5. The second kappa shape index (κ2) is 41.3. The number of ether oxygens (including phenoxy) is 6. The van der Waals surface area contributed by atoms with Crippen LogP contribution in [0.1, 0.15) is 126 Å². The number of carbonyl (C=O) groups is 7. The number of halogens is 2. The van der Waals surface area contributed by atoms with E-state index in [2.05, 4.69) is 36.3 Å². The first-order valence-electron chi connectivity index (χ1n) is 29.5. The second-order valence-electron chi connectivity index (χ2n) is 20.5. The molecular weight excluding hydrogens is 1290 g/mol. The Morgan fingerprint density at radius 1 is 0.454 bits per heavy atom. The lowest BCUT2D eigenvalue weighted by molar-refractivity contribution is 0.0464. The van der Waals surface area contributed by atoms with Crippen molar-refractivity contribution >= 4 is 77.6 Å². The van der Waals surface area contributed by atoms with Crippen molar-refractivity contribution in [3.05, 3.63) is 265 Å². The van der Waals surface area contributed by atoms with Crippen LogP contribution in [0.5, 0.6) is 0 Å². The number of esters is 5. The Hall–Kier alpha value is -10.5. The van der Waals surface area contributed by atoms with Crippen LogP contribution < -0.4 is 5.46 Å². The number of aromatic nitrogens is 4. The second-order valence-corrected chi connectivity index (χ2v) is 21.2. The number of pyridine rings is 4. The molecule has 22 nitrogen and oxygen atoms in total. The normalized spacial score (nSPS) is 11.4. The molecule has 1 saturated heterocycles. The molecule has 506 valence electrons. The van der Waals surface area contributed by atoms with E-state index in [1.165, 1.54) is 70.6 Å². The number of carboxylic acids is 2. The Morgan fingerprint density at radius 3 is 1.12 bits per heavy atom. The summed E-state index contributed by atoms with van der Waals surface area (Å²) in [6.45, 7) is 10.7. The predicted octanol–water partition coefficient (Wildman–Crippen LogP) is 11.8. The number of aliphatic hydroxyl groups excluding tert-OH is 1. The molecule has 1 aliphatic rings. The number of carbonyl (C=O) groups excluding carboxylic acids is 5. The maximum atomic E-state index is 12.6. The summed E-state index contributed by atoms with van der Waals surface area (Å²) >= 11 is 11.4. The molecule has 97 heavy (non-hydrogen) atoms. The molecule has 1 unspecified atom stereocenters. The zero-order chi connectivity index (χ0) is 71.6. The van der Waals surface area contributed by atoms with Crippen molar-refractivity contribution in [2.45, 2.75) is 66.8 Å². The van der Waals surface area contributed by atoms with Crippen LogP contribution in [0.4, 0.5) is 0 Å². The van der Waals surface area contributed by atoms with Gasteiger partial charge in [-0.1, -0.05) is 120 Å². The molecule has 0 radical (unpaired) electrons. The lowest BCUT2D eigenvalue weighted by atomic mass is 9.80. The number of aromatic carboxylic acids is 2. The smallest absolute Gasteiger partial charge is 0.478 e. The van der Waals surface area contributed by atoms with Crippen LogP contribution in [0, 0.1) is 27.7 Å². The topological polar surface area (TPSA) is 328 Å². The molecule has 5 aromatic carbocycles. The average Bonchev–Trinajstić information content (AvgIpc) is 0.946. The first-order chi connectivity index (χ1) is 46.4. The quantitative estimate of drug-likeness (QED) is 0.0292. The van der Waals surface area contributed by atoms with Crippen molar-refractivity contribution in [1.29, 1.82) is 0 Å². The number of hydrogen-bond acceptors (Lipinski definition) is 20. The molecule has 0 aliphatic carbocycles. The number of methoxy groups -OCH3 is 3. The van der Waals surface area contributed by atoms with Crippen molar-refractivity contribution < 1.29 is 87.4 Å². The molecule has 1 atom stereocenters. The van der Waals surface area contributed by atoms with Crippen LogP contribution in [0.3, 0.4) is 0 Å². The van der Waals surface area contributed by atoms with Crippen molar-refractivity contribution in [2.75, 3.05) is 35.0 Å². The Balaban J connectivity index is 0.000000257. The van der Waals surface area contributed by atoms with Gasteiger partial charge in [0.25, 0.3) is 0 Å². The zero-order valence-corrected chi connectivity index (χ0v) is 56.1. The van der Waals surface area contributed by atoms with Crippen molar-refractivity contribution in [3.8, 4) is 22.5 Å². The highest BCUT2D eigenvalue weighted by Gasteiger charge is 2.19. The van der Waals surface area contributed by atoms with Gasteiger partial charge in [-0.05, 0) is 149 Å². The van der Waals surface area contributed by atoms with Crippen LogP contribution >= 0.6 is 23.2 Å². The van der Waals surface area contributed by atoms with Gasteiger partial charge in [0.1, 0.15) is 23.5 Å². The summed E-state index contributed by atoms with van der Waals surface area (Å²) in [5, 5.41) is 42.4. The molecule has 0 spiro atoms. The molecular formula is C72H73BCl2N4O18. The summed E-state index contributed by atoms with van der Waals surface area (Å²) in [6, 6.07) is 51.1. The Labute approximate surface area is 571 Å². The van der Waals surface area contributed by atoms with E-state index in [1.54, 1.807) is 98.8 Å². The van der Waals surface area contributed by atoms with E-state index < -0.39 is 48.9 Å². The van der Waals surface area contributed by atoms with Crippen LogP contribution in [-0.4, -0.2) is 135 Å². The van der Waals surface area contributed by atoms with Gasteiger partial charge in [-0.25, -0.2) is 43.5 Å². The molecule has 0 saturated carbocycles. The maximum absolute atomic E-state index is 12.6. The van der Waals surface area contributed by atoms with E-state index >= 15 is 0 Å². The summed E-state index contributed by atoms with van der Waals surface area (Å²) in [4.78, 5) is 96.5. The van der Waals surface area contributed by atoms with Gasteiger partial charge in [0, 0.05) is 47.6 Å². The van der Waals surface area contributed by atoms with Gasteiger partial charge < -0.3 is 53.8 Å². The van der Waals surface area contributed by atoms with Crippen molar-refractivity contribution in [3.63, 3.8) is 0 Å². The summed E-state index contributed by atoms with van der Waals surface area (Å²) in [5.74, 6) is -4.30. The molecule has 9 aromatic rings. The molecule has 5 heterocycles. The van der Waals surface area contributed by atoms with Crippen molar-refractivity contribution in [2.24, 2.45) is 0 Å². The van der Waals surface area contributed by atoms with E-state index in [9.17, 15) is 38.7 Å². The molecule has 25 heteroatoms. The van der Waals surface area contributed by atoms with Gasteiger partial charge in [-0.2, -0.15) is 0 Å². The lowest BCUT2D eigenvalue weighted by Crippen LogP contribution is -2.29. The number of hydrogen-bond donors (Lipinski definition) is 5. The van der Waals surface area contributed by atoms with E-state index in [4.69, 9.17) is 62.4 Å². The van der Waals surface area contributed by atoms with Crippen LogP contribution in [-0.2, 0) is 41.6 Å². The molecule has 4 aromatic heterocycles. The monoisotopic (exact) mass is 1360 g/mol. The number of rotatable bonds is 14. The molecule has 10 rings (SSSR count). The van der Waals surface area contributed by atoms with Gasteiger partial charge in [0.05, 0.1) is 77.8 Å². The number of aryl methyl sites for hydroxylation is 4. The molecule has 0 bridgehead atoms. The van der Waals surface area contributed by atoms with E-state index in [-0.39, 0.29) is 40.2 Å². The van der Waals surface area contributed by atoms with E-state index in [0.717, 1.165) is 47.5 Å². The fourth-order valence-electron chi connectivity index (χ4n) is 8.27. The summed E-state index contributed by atoms with van der Waals surface area (Å²) in [6.07, 6.45) is 3.08. The summed E-state index contributed by atoms with van der Waals surface area (Å²) < 4.78 is 29.6. The number of carboxylic acid groups (broad SMARTS) is 2. The third-order valence-electron chi connectivity index (χ3n) is 13.3.